The molecule has 16 heavy (non-hydrogen) atoms. The first-order valence-electron chi connectivity index (χ1n) is 5.56. The van der Waals surface area contributed by atoms with Crippen LogP contribution in [-0.4, -0.2) is 28.5 Å². The van der Waals surface area contributed by atoms with E-state index in [0.29, 0.717) is 11.9 Å². The molecule has 0 amide bonds. The highest BCUT2D eigenvalue weighted by atomic mass is 35.5. The highest BCUT2D eigenvalue weighted by Crippen LogP contribution is 2.25. The Kier molecular flexibility index (Phi) is 3.83. The Hall–Kier alpha value is -1.03. The number of aromatic nitrogens is 2. The van der Waals surface area contributed by atoms with Crippen molar-refractivity contribution in [3.05, 3.63) is 12.4 Å². The van der Waals surface area contributed by atoms with E-state index in [2.05, 4.69) is 15.3 Å². The van der Waals surface area contributed by atoms with Gasteiger partial charge in [0, 0.05) is 12.1 Å². The average molecular weight is 242 g/mol. The van der Waals surface area contributed by atoms with Crippen LogP contribution in [0.1, 0.15) is 25.7 Å². The van der Waals surface area contributed by atoms with Gasteiger partial charge in [-0.3, -0.25) is 0 Å². The molecule has 0 aromatic carbocycles. The Labute approximate surface area is 100 Å². The summed E-state index contributed by atoms with van der Waals surface area (Å²) in [5, 5.41) is 3.53. The summed E-state index contributed by atoms with van der Waals surface area (Å²) in [4.78, 5) is 8.12. The third-order valence-corrected chi connectivity index (χ3v) is 3.39. The summed E-state index contributed by atoms with van der Waals surface area (Å²) in [5.74, 6) is 1.35. The van der Waals surface area contributed by atoms with Crippen LogP contribution in [-0.2, 0) is 0 Å². The monoisotopic (exact) mass is 241 g/mol. The number of nitrogens with zero attached hydrogens (tertiary/aromatic N) is 2. The number of anilines is 1. The zero-order valence-electron chi connectivity index (χ0n) is 9.32. The molecule has 0 radical (unpaired) electrons. The van der Waals surface area contributed by atoms with Gasteiger partial charge in [-0.25, -0.2) is 9.97 Å². The average Bonchev–Trinajstić information content (AvgIpc) is 2.32. The summed E-state index contributed by atoms with van der Waals surface area (Å²) < 4.78 is 5.05. The van der Waals surface area contributed by atoms with Gasteiger partial charge < -0.3 is 10.1 Å². The summed E-state index contributed by atoms with van der Waals surface area (Å²) in [6, 6.07) is 2.09. The van der Waals surface area contributed by atoms with E-state index >= 15 is 0 Å². The van der Waals surface area contributed by atoms with Crippen molar-refractivity contribution in [2.24, 2.45) is 0 Å². The fourth-order valence-electron chi connectivity index (χ4n) is 1.97. The SMILES string of the molecule is COc1cc(NC2CCCCC2Cl)ncn1. The second kappa shape index (κ2) is 5.34. The van der Waals surface area contributed by atoms with Crippen molar-refractivity contribution in [1.29, 1.82) is 0 Å². The van der Waals surface area contributed by atoms with Gasteiger partial charge >= 0.3 is 0 Å². The lowest BCUT2D eigenvalue weighted by Gasteiger charge is -2.28. The largest absolute Gasteiger partial charge is 0.481 e. The standard InChI is InChI=1S/C11H16ClN3O/c1-16-11-6-10(13-7-14-11)15-9-5-3-2-4-8(9)12/h6-9H,2-5H2,1H3,(H,13,14,15). The zero-order valence-corrected chi connectivity index (χ0v) is 10.1. The molecular formula is C11H16ClN3O. The lowest BCUT2D eigenvalue weighted by atomic mass is 9.95. The van der Waals surface area contributed by atoms with Crippen molar-refractivity contribution >= 4 is 17.4 Å². The van der Waals surface area contributed by atoms with Crippen molar-refractivity contribution in [2.45, 2.75) is 37.1 Å². The number of hydrogen-bond acceptors (Lipinski definition) is 4. The Morgan fingerprint density at radius 2 is 2.19 bits per heavy atom. The van der Waals surface area contributed by atoms with E-state index in [4.69, 9.17) is 16.3 Å². The first kappa shape index (κ1) is 11.5. The second-order valence-electron chi connectivity index (χ2n) is 4.00. The summed E-state index contributed by atoms with van der Waals surface area (Å²) in [7, 11) is 1.59. The first-order valence-corrected chi connectivity index (χ1v) is 6.00. The zero-order chi connectivity index (χ0) is 11.4. The Bertz CT molecular complexity index is 348. The molecule has 1 saturated carbocycles. The molecule has 88 valence electrons. The number of ether oxygens (including phenoxy) is 1. The van der Waals surface area contributed by atoms with Crippen LogP contribution in [0.15, 0.2) is 12.4 Å². The van der Waals surface area contributed by atoms with E-state index < -0.39 is 0 Å². The van der Waals surface area contributed by atoms with Gasteiger partial charge in [0.2, 0.25) is 5.88 Å². The molecule has 1 N–H and O–H groups in total. The van der Waals surface area contributed by atoms with E-state index in [9.17, 15) is 0 Å². The summed E-state index contributed by atoms with van der Waals surface area (Å²) in [6.07, 6.45) is 6.11. The molecule has 5 heteroatoms. The van der Waals surface area contributed by atoms with Gasteiger partial charge in [0.1, 0.15) is 12.1 Å². The summed E-state index contributed by atoms with van der Waals surface area (Å²) >= 11 is 6.27. The van der Waals surface area contributed by atoms with Gasteiger partial charge in [-0.15, -0.1) is 11.6 Å². The van der Waals surface area contributed by atoms with Crippen molar-refractivity contribution < 1.29 is 4.74 Å². The van der Waals surface area contributed by atoms with Crippen molar-refractivity contribution in [1.82, 2.24) is 9.97 Å². The molecule has 1 heterocycles. The molecule has 0 saturated heterocycles. The molecular weight excluding hydrogens is 226 g/mol. The fraction of sp³-hybridized carbons (Fsp3) is 0.636. The molecule has 1 aromatic rings. The molecule has 1 aromatic heterocycles. The fourth-order valence-corrected chi connectivity index (χ4v) is 2.31. The van der Waals surface area contributed by atoms with Gasteiger partial charge in [-0.1, -0.05) is 12.8 Å². The van der Waals surface area contributed by atoms with E-state index in [1.54, 1.807) is 13.2 Å². The molecule has 0 spiro atoms. The maximum absolute atomic E-state index is 6.27. The van der Waals surface area contributed by atoms with Gasteiger partial charge in [0.15, 0.2) is 0 Å². The molecule has 0 aliphatic heterocycles. The second-order valence-corrected chi connectivity index (χ2v) is 4.56. The molecule has 2 rings (SSSR count). The number of halogens is 1. The van der Waals surface area contributed by atoms with Gasteiger partial charge in [0.25, 0.3) is 0 Å². The minimum Gasteiger partial charge on any atom is -0.481 e. The van der Waals surface area contributed by atoms with E-state index in [1.165, 1.54) is 19.2 Å². The van der Waals surface area contributed by atoms with E-state index in [0.717, 1.165) is 18.7 Å². The molecule has 4 nitrogen and oxygen atoms in total. The minimum absolute atomic E-state index is 0.190. The van der Waals surface area contributed by atoms with Crippen LogP contribution in [0.5, 0.6) is 5.88 Å². The van der Waals surface area contributed by atoms with Crippen LogP contribution >= 0.6 is 11.6 Å². The normalized spacial score (nSPS) is 25.1. The summed E-state index contributed by atoms with van der Waals surface area (Å²) in [5.41, 5.74) is 0. The third-order valence-electron chi connectivity index (χ3n) is 2.87. The highest BCUT2D eigenvalue weighted by Gasteiger charge is 2.23. The third kappa shape index (κ3) is 2.76. The van der Waals surface area contributed by atoms with Gasteiger partial charge in [-0.2, -0.15) is 0 Å². The van der Waals surface area contributed by atoms with Crippen molar-refractivity contribution in [3.63, 3.8) is 0 Å². The quantitative estimate of drug-likeness (QED) is 0.826. The smallest absolute Gasteiger partial charge is 0.218 e. The predicted molar refractivity (Wildman–Crippen MR) is 64.1 cm³/mol. The number of nitrogens with one attached hydrogen (secondary N) is 1. The first-order chi connectivity index (χ1) is 7.79. The summed E-state index contributed by atoms with van der Waals surface area (Å²) in [6.45, 7) is 0. The van der Waals surface area contributed by atoms with Crippen molar-refractivity contribution in [3.8, 4) is 5.88 Å². The van der Waals surface area contributed by atoms with Crippen LogP contribution in [0.3, 0.4) is 0 Å². The number of methoxy groups -OCH3 is 1. The number of alkyl halides is 1. The Morgan fingerprint density at radius 3 is 2.94 bits per heavy atom. The van der Waals surface area contributed by atoms with Crippen molar-refractivity contribution in [2.75, 3.05) is 12.4 Å². The minimum atomic E-state index is 0.190. The maximum atomic E-state index is 6.27. The predicted octanol–water partition coefficient (Wildman–Crippen LogP) is 2.45. The van der Waals surface area contributed by atoms with E-state index in [1.807, 2.05) is 0 Å². The lowest BCUT2D eigenvalue weighted by Crippen LogP contribution is -2.33. The van der Waals surface area contributed by atoms with E-state index in [-0.39, 0.29) is 5.38 Å². The van der Waals surface area contributed by atoms with Gasteiger partial charge in [-0.05, 0) is 12.8 Å². The number of hydrogen-bond donors (Lipinski definition) is 1. The molecule has 1 fully saturated rings. The van der Waals surface area contributed by atoms with Crippen LogP contribution in [0, 0.1) is 0 Å². The van der Waals surface area contributed by atoms with Crippen LogP contribution in [0.25, 0.3) is 0 Å². The molecule has 1 aliphatic rings. The topological polar surface area (TPSA) is 47.0 Å². The van der Waals surface area contributed by atoms with Gasteiger partial charge in [0.05, 0.1) is 12.5 Å². The van der Waals surface area contributed by atoms with Crippen LogP contribution in [0.4, 0.5) is 5.82 Å². The number of rotatable bonds is 3. The molecule has 0 bridgehead atoms. The van der Waals surface area contributed by atoms with Crippen LogP contribution < -0.4 is 10.1 Å². The molecule has 1 aliphatic carbocycles. The Morgan fingerprint density at radius 1 is 1.38 bits per heavy atom. The lowest BCUT2D eigenvalue weighted by molar-refractivity contribution is 0.396. The highest BCUT2D eigenvalue weighted by molar-refractivity contribution is 6.21. The maximum Gasteiger partial charge on any atom is 0.218 e. The molecule has 2 unspecified atom stereocenters. The Balaban J connectivity index is 2.01. The van der Waals surface area contributed by atoms with Crippen LogP contribution in [0.2, 0.25) is 0 Å². The molecule has 2 atom stereocenters.